The molecule has 1 aromatic heterocycles. The number of rotatable bonds is 7. The van der Waals surface area contributed by atoms with E-state index in [1.807, 2.05) is 0 Å². The summed E-state index contributed by atoms with van der Waals surface area (Å²) in [6.45, 7) is 9.08. The van der Waals surface area contributed by atoms with Gasteiger partial charge >= 0.3 is 0 Å². The van der Waals surface area contributed by atoms with Crippen molar-refractivity contribution < 1.29 is 0 Å². The van der Waals surface area contributed by atoms with E-state index in [4.69, 9.17) is 5.73 Å². The van der Waals surface area contributed by atoms with Crippen LogP contribution in [0.5, 0.6) is 0 Å². The van der Waals surface area contributed by atoms with E-state index in [0.29, 0.717) is 17.9 Å². The van der Waals surface area contributed by atoms with Crippen LogP contribution >= 0.6 is 0 Å². The van der Waals surface area contributed by atoms with Crippen molar-refractivity contribution in [1.82, 2.24) is 15.0 Å². The van der Waals surface area contributed by atoms with E-state index in [-0.39, 0.29) is 0 Å². The predicted molar refractivity (Wildman–Crippen MR) is 78.5 cm³/mol. The first-order chi connectivity index (χ1) is 9.19. The first-order valence-electron chi connectivity index (χ1n) is 7.22. The maximum Gasteiger partial charge on any atom is 0.232 e. The standard InChI is InChI=1S/C13H24N6/c1-4-9-19(10-7-8-10)13-16-11(14)15-12(17-13)18(5-2)6-3/h10H,4-9H2,1-3H3,(H2,14,15,16,17). The third kappa shape index (κ3) is 3.24. The molecule has 0 aromatic carbocycles. The van der Waals surface area contributed by atoms with E-state index in [1.165, 1.54) is 12.8 Å². The largest absolute Gasteiger partial charge is 0.368 e. The van der Waals surface area contributed by atoms with Crippen molar-refractivity contribution in [1.29, 1.82) is 0 Å². The highest BCUT2D eigenvalue weighted by Gasteiger charge is 2.31. The van der Waals surface area contributed by atoms with Gasteiger partial charge in [0.1, 0.15) is 0 Å². The Bertz CT molecular complexity index is 414. The number of aromatic nitrogens is 3. The van der Waals surface area contributed by atoms with E-state index in [2.05, 4.69) is 45.5 Å². The molecule has 1 fully saturated rings. The first kappa shape index (κ1) is 13.8. The molecule has 0 bridgehead atoms. The number of nitrogens with zero attached hydrogens (tertiary/aromatic N) is 5. The van der Waals surface area contributed by atoms with Crippen molar-refractivity contribution >= 4 is 17.8 Å². The van der Waals surface area contributed by atoms with Gasteiger partial charge in [0.15, 0.2) is 0 Å². The number of hydrogen-bond acceptors (Lipinski definition) is 6. The van der Waals surface area contributed by atoms with E-state index in [1.54, 1.807) is 0 Å². The summed E-state index contributed by atoms with van der Waals surface area (Å²) in [7, 11) is 0. The van der Waals surface area contributed by atoms with Gasteiger partial charge in [-0.25, -0.2) is 0 Å². The third-order valence-electron chi connectivity index (χ3n) is 3.38. The second kappa shape index (κ2) is 6.04. The number of nitrogens with two attached hydrogens (primary N) is 1. The monoisotopic (exact) mass is 264 g/mol. The average molecular weight is 264 g/mol. The van der Waals surface area contributed by atoms with Crippen LogP contribution in [0.2, 0.25) is 0 Å². The third-order valence-corrected chi connectivity index (χ3v) is 3.38. The highest BCUT2D eigenvalue weighted by atomic mass is 15.4. The van der Waals surface area contributed by atoms with Crippen molar-refractivity contribution in [3.8, 4) is 0 Å². The number of hydrogen-bond donors (Lipinski definition) is 1. The molecule has 1 aliphatic rings. The average Bonchev–Trinajstić information content (AvgIpc) is 3.21. The molecule has 6 nitrogen and oxygen atoms in total. The van der Waals surface area contributed by atoms with Crippen LogP contribution < -0.4 is 15.5 Å². The summed E-state index contributed by atoms with van der Waals surface area (Å²) in [5.74, 6) is 1.74. The Hall–Kier alpha value is -1.59. The molecule has 2 N–H and O–H groups in total. The van der Waals surface area contributed by atoms with Crippen molar-refractivity contribution in [2.45, 2.75) is 46.1 Å². The van der Waals surface area contributed by atoms with Gasteiger partial charge < -0.3 is 15.5 Å². The van der Waals surface area contributed by atoms with Gasteiger partial charge in [0.2, 0.25) is 17.8 Å². The minimum atomic E-state index is 0.314. The molecule has 19 heavy (non-hydrogen) atoms. The smallest absolute Gasteiger partial charge is 0.232 e. The molecular formula is C13H24N6. The lowest BCUT2D eigenvalue weighted by molar-refractivity contribution is 0.724. The fourth-order valence-corrected chi connectivity index (χ4v) is 2.22. The van der Waals surface area contributed by atoms with Crippen molar-refractivity contribution in [2.24, 2.45) is 0 Å². The van der Waals surface area contributed by atoms with Gasteiger partial charge in [-0.05, 0) is 33.1 Å². The van der Waals surface area contributed by atoms with Gasteiger partial charge in [-0.15, -0.1) is 0 Å². The summed E-state index contributed by atoms with van der Waals surface area (Å²) in [6.07, 6.45) is 3.54. The quantitative estimate of drug-likeness (QED) is 0.808. The van der Waals surface area contributed by atoms with Crippen molar-refractivity contribution in [3.05, 3.63) is 0 Å². The van der Waals surface area contributed by atoms with E-state index < -0.39 is 0 Å². The minimum absolute atomic E-state index is 0.314. The molecule has 0 amide bonds. The Morgan fingerprint density at radius 1 is 1.05 bits per heavy atom. The lowest BCUT2D eigenvalue weighted by atomic mass is 10.4. The molecule has 6 heteroatoms. The van der Waals surface area contributed by atoms with Gasteiger partial charge in [-0.3, -0.25) is 0 Å². The molecule has 1 heterocycles. The Morgan fingerprint density at radius 3 is 2.21 bits per heavy atom. The van der Waals surface area contributed by atoms with Crippen LogP contribution in [0, 0.1) is 0 Å². The topological polar surface area (TPSA) is 71.2 Å². The summed E-state index contributed by atoms with van der Waals surface area (Å²) >= 11 is 0. The molecule has 1 aromatic rings. The first-order valence-corrected chi connectivity index (χ1v) is 7.22. The molecule has 0 spiro atoms. The normalized spacial score (nSPS) is 14.5. The van der Waals surface area contributed by atoms with Crippen LogP contribution in [-0.2, 0) is 0 Å². The molecule has 1 aliphatic carbocycles. The van der Waals surface area contributed by atoms with Crippen LogP contribution in [0.1, 0.15) is 40.0 Å². The second-order valence-electron chi connectivity index (χ2n) is 4.89. The van der Waals surface area contributed by atoms with Gasteiger partial charge in [-0.1, -0.05) is 6.92 Å². The Kier molecular flexibility index (Phi) is 4.39. The van der Waals surface area contributed by atoms with Crippen molar-refractivity contribution in [3.63, 3.8) is 0 Å². The lowest BCUT2D eigenvalue weighted by Gasteiger charge is -2.24. The fraction of sp³-hybridized carbons (Fsp3) is 0.769. The molecule has 0 radical (unpaired) electrons. The maximum atomic E-state index is 5.85. The number of nitrogen functional groups attached to an aromatic ring is 1. The molecule has 2 rings (SSSR count). The highest BCUT2D eigenvalue weighted by molar-refractivity contribution is 5.44. The Balaban J connectivity index is 2.28. The fourth-order valence-electron chi connectivity index (χ4n) is 2.22. The summed E-state index contributed by atoms with van der Waals surface area (Å²) < 4.78 is 0. The minimum Gasteiger partial charge on any atom is -0.368 e. The van der Waals surface area contributed by atoms with Crippen molar-refractivity contribution in [2.75, 3.05) is 35.2 Å². The highest BCUT2D eigenvalue weighted by Crippen LogP contribution is 2.30. The summed E-state index contributed by atoms with van der Waals surface area (Å²) in [5, 5.41) is 0. The van der Waals surface area contributed by atoms with Crippen LogP contribution in [0.15, 0.2) is 0 Å². The molecule has 106 valence electrons. The van der Waals surface area contributed by atoms with Gasteiger partial charge in [0, 0.05) is 25.7 Å². The van der Waals surface area contributed by atoms with Gasteiger partial charge in [0.05, 0.1) is 0 Å². The molecule has 0 atom stereocenters. The molecule has 0 aliphatic heterocycles. The van der Waals surface area contributed by atoms with Crippen LogP contribution in [0.3, 0.4) is 0 Å². The molecule has 0 unspecified atom stereocenters. The van der Waals surface area contributed by atoms with E-state index in [9.17, 15) is 0 Å². The van der Waals surface area contributed by atoms with Crippen LogP contribution in [0.25, 0.3) is 0 Å². The molecule has 0 saturated heterocycles. The van der Waals surface area contributed by atoms with Crippen LogP contribution in [0.4, 0.5) is 17.8 Å². The zero-order chi connectivity index (χ0) is 13.8. The summed E-state index contributed by atoms with van der Waals surface area (Å²) in [5.41, 5.74) is 5.85. The van der Waals surface area contributed by atoms with Crippen LogP contribution in [-0.4, -0.2) is 40.6 Å². The van der Waals surface area contributed by atoms with Gasteiger partial charge in [-0.2, -0.15) is 15.0 Å². The lowest BCUT2D eigenvalue weighted by Crippen LogP contribution is -2.31. The zero-order valence-corrected chi connectivity index (χ0v) is 12.1. The second-order valence-corrected chi connectivity index (χ2v) is 4.89. The maximum absolute atomic E-state index is 5.85. The number of anilines is 3. The zero-order valence-electron chi connectivity index (χ0n) is 12.1. The molecular weight excluding hydrogens is 240 g/mol. The Morgan fingerprint density at radius 2 is 1.68 bits per heavy atom. The van der Waals surface area contributed by atoms with E-state index in [0.717, 1.165) is 32.0 Å². The summed E-state index contributed by atoms with van der Waals surface area (Å²) in [6, 6.07) is 0.589. The Labute approximate surface area is 115 Å². The van der Waals surface area contributed by atoms with Gasteiger partial charge in [0.25, 0.3) is 0 Å². The predicted octanol–water partition coefficient (Wildman–Crippen LogP) is 1.68. The van der Waals surface area contributed by atoms with E-state index >= 15 is 0 Å². The summed E-state index contributed by atoms with van der Waals surface area (Å²) in [4.78, 5) is 17.5. The SMILES string of the molecule is CCCN(c1nc(N)nc(N(CC)CC)n1)C1CC1. The molecule has 1 saturated carbocycles.